The number of nitrogens with zero attached hydrogens (tertiary/aromatic N) is 4. The normalized spacial score (nSPS) is 21.6. The number of carbonyl (C=O) groups excluding carboxylic acids is 1. The number of fused-ring (bicyclic) bond motifs is 1. The average Bonchev–Trinajstić information content (AvgIpc) is 3.21. The molecular weight excluding hydrogens is 396 g/mol. The zero-order valence-corrected chi connectivity index (χ0v) is 18.7. The van der Waals surface area contributed by atoms with E-state index in [9.17, 15) is 4.79 Å². The van der Waals surface area contributed by atoms with Crippen molar-refractivity contribution in [2.75, 3.05) is 26.2 Å². The molecule has 3 fully saturated rings. The molecule has 0 radical (unpaired) electrons. The number of rotatable bonds is 6. The number of carbonyl (C=O) groups is 1. The first-order valence-electron chi connectivity index (χ1n) is 12.3. The summed E-state index contributed by atoms with van der Waals surface area (Å²) in [6.45, 7) is 5.23. The number of para-hydroxylation sites is 2. The summed E-state index contributed by atoms with van der Waals surface area (Å²) in [5, 5.41) is 0. The summed E-state index contributed by atoms with van der Waals surface area (Å²) in [6.07, 6.45) is 7.19. The quantitative estimate of drug-likeness (QED) is 0.586. The molecule has 0 unspecified atom stereocenters. The number of benzene rings is 2. The van der Waals surface area contributed by atoms with Crippen molar-refractivity contribution in [3.63, 3.8) is 0 Å². The van der Waals surface area contributed by atoms with Gasteiger partial charge in [0.05, 0.1) is 11.0 Å². The fourth-order valence-corrected chi connectivity index (χ4v) is 5.48. The Morgan fingerprint density at radius 3 is 2.50 bits per heavy atom. The van der Waals surface area contributed by atoms with Crippen LogP contribution in [-0.2, 0) is 13.0 Å². The minimum atomic E-state index is 0.180. The van der Waals surface area contributed by atoms with E-state index in [4.69, 9.17) is 4.98 Å². The molecule has 32 heavy (non-hydrogen) atoms. The lowest BCUT2D eigenvalue weighted by molar-refractivity contribution is 0.0780. The summed E-state index contributed by atoms with van der Waals surface area (Å²) in [6, 6.07) is 17.3. The van der Waals surface area contributed by atoms with Gasteiger partial charge in [-0.2, -0.15) is 0 Å². The first kappa shape index (κ1) is 20.0. The Bertz CT molecular complexity index is 1110. The van der Waals surface area contributed by atoms with Gasteiger partial charge >= 0.3 is 0 Å². The van der Waals surface area contributed by atoms with Gasteiger partial charge in [-0.25, -0.2) is 4.98 Å². The van der Waals surface area contributed by atoms with Gasteiger partial charge in [-0.1, -0.05) is 24.3 Å². The standard InChI is InChI=1S/C27H32N4O/c32-27(30-16-13-23(19-30)29-14-3-4-15-29)22-11-9-20(10-12-22)17-26-28-24-5-1-2-6-25(24)31(26)18-21-7-8-21/h1-2,5-6,9-12,21,23H,3-4,7-8,13-19H2/t23-/m0/s1. The van der Waals surface area contributed by atoms with Crippen LogP contribution in [0, 0.1) is 5.92 Å². The number of likely N-dealkylation sites (tertiary alicyclic amines) is 2. The van der Waals surface area contributed by atoms with Gasteiger partial charge in [0, 0.05) is 37.7 Å². The van der Waals surface area contributed by atoms with Gasteiger partial charge in [0.25, 0.3) is 5.91 Å². The summed E-state index contributed by atoms with van der Waals surface area (Å²) in [5.41, 5.74) is 4.34. The molecule has 5 heteroatoms. The van der Waals surface area contributed by atoms with E-state index in [1.165, 1.54) is 49.9 Å². The van der Waals surface area contributed by atoms with Crippen LogP contribution in [0.5, 0.6) is 0 Å². The second-order valence-corrected chi connectivity index (χ2v) is 9.88. The van der Waals surface area contributed by atoms with Crippen molar-refractivity contribution in [1.82, 2.24) is 19.4 Å². The highest BCUT2D eigenvalue weighted by Gasteiger charge is 2.32. The van der Waals surface area contributed by atoms with Crippen LogP contribution in [0.2, 0.25) is 0 Å². The van der Waals surface area contributed by atoms with Crippen LogP contribution < -0.4 is 0 Å². The third-order valence-electron chi connectivity index (χ3n) is 7.54. The summed E-state index contributed by atoms with van der Waals surface area (Å²) in [4.78, 5) is 22.6. The van der Waals surface area contributed by atoms with Crippen molar-refractivity contribution >= 4 is 16.9 Å². The molecule has 6 rings (SSSR count). The molecule has 5 nitrogen and oxygen atoms in total. The maximum atomic E-state index is 13.1. The van der Waals surface area contributed by atoms with Gasteiger partial charge in [-0.3, -0.25) is 9.69 Å². The largest absolute Gasteiger partial charge is 0.337 e. The molecule has 166 valence electrons. The van der Waals surface area contributed by atoms with E-state index >= 15 is 0 Å². The molecule has 0 spiro atoms. The molecule has 1 saturated carbocycles. The Labute approximate surface area is 190 Å². The molecule has 0 bridgehead atoms. The molecule has 2 saturated heterocycles. The van der Waals surface area contributed by atoms with E-state index in [2.05, 4.69) is 45.9 Å². The number of hydrogen-bond donors (Lipinski definition) is 0. The molecule has 3 heterocycles. The van der Waals surface area contributed by atoms with Crippen molar-refractivity contribution in [1.29, 1.82) is 0 Å². The van der Waals surface area contributed by atoms with Crippen molar-refractivity contribution in [2.24, 2.45) is 5.92 Å². The molecule has 2 aromatic carbocycles. The monoisotopic (exact) mass is 428 g/mol. The minimum Gasteiger partial charge on any atom is -0.337 e. The lowest BCUT2D eigenvalue weighted by Gasteiger charge is -2.23. The molecule has 1 aliphatic carbocycles. The van der Waals surface area contributed by atoms with Crippen molar-refractivity contribution in [2.45, 2.75) is 51.1 Å². The first-order chi connectivity index (χ1) is 15.7. The van der Waals surface area contributed by atoms with Crippen LogP contribution in [-0.4, -0.2) is 57.5 Å². The highest BCUT2D eigenvalue weighted by Crippen LogP contribution is 2.33. The van der Waals surface area contributed by atoms with Gasteiger partial charge in [0.1, 0.15) is 5.82 Å². The Kier molecular flexibility index (Phi) is 5.22. The third kappa shape index (κ3) is 3.95. The molecule has 1 amide bonds. The fraction of sp³-hybridized carbons (Fsp3) is 0.481. The van der Waals surface area contributed by atoms with Gasteiger partial charge in [-0.15, -0.1) is 0 Å². The molecule has 3 aliphatic rings. The fourth-order valence-electron chi connectivity index (χ4n) is 5.48. The highest BCUT2D eigenvalue weighted by molar-refractivity contribution is 5.94. The molecule has 3 aromatic rings. The molecule has 0 N–H and O–H groups in total. The van der Waals surface area contributed by atoms with Crippen molar-refractivity contribution in [3.8, 4) is 0 Å². The lowest BCUT2D eigenvalue weighted by atomic mass is 10.1. The van der Waals surface area contributed by atoms with Crippen LogP contribution in [0.4, 0.5) is 0 Å². The topological polar surface area (TPSA) is 41.4 Å². The zero-order valence-electron chi connectivity index (χ0n) is 18.7. The number of aromatic nitrogens is 2. The minimum absolute atomic E-state index is 0.180. The van der Waals surface area contributed by atoms with Crippen LogP contribution >= 0.6 is 0 Å². The molecule has 1 aromatic heterocycles. The van der Waals surface area contributed by atoms with Crippen LogP contribution in [0.25, 0.3) is 11.0 Å². The summed E-state index contributed by atoms with van der Waals surface area (Å²) in [7, 11) is 0. The SMILES string of the molecule is O=C(c1ccc(Cc2nc3ccccc3n2CC2CC2)cc1)N1CC[C@H](N2CCCC2)C1. The van der Waals surface area contributed by atoms with E-state index in [1.807, 2.05) is 17.0 Å². The van der Waals surface area contributed by atoms with E-state index in [0.717, 1.165) is 55.3 Å². The summed E-state index contributed by atoms with van der Waals surface area (Å²) < 4.78 is 2.41. The average molecular weight is 429 g/mol. The Morgan fingerprint density at radius 2 is 1.72 bits per heavy atom. The Balaban J connectivity index is 1.16. The highest BCUT2D eigenvalue weighted by atomic mass is 16.2. The van der Waals surface area contributed by atoms with Crippen LogP contribution in [0.3, 0.4) is 0 Å². The van der Waals surface area contributed by atoms with Crippen LogP contribution in [0.1, 0.15) is 53.8 Å². The molecule has 1 atom stereocenters. The predicted molar refractivity (Wildman–Crippen MR) is 127 cm³/mol. The summed E-state index contributed by atoms with van der Waals surface area (Å²) >= 11 is 0. The molecular formula is C27H32N4O. The van der Waals surface area contributed by atoms with E-state index in [0.29, 0.717) is 6.04 Å². The van der Waals surface area contributed by atoms with E-state index in [-0.39, 0.29) is 5.91 Å². The van der Waals surface area contributed by atoms with Crippen molar-refractivity contribution in [3.05, 3.63) is 65.5 Å². The van der Waals surface area contributed by atoms with Gasteiger partial charge < -0.3 is 9.47 Å². The number of amides is 1. The smallest absolute Gasteiger partial charge is 0.253 e. The Hall–Kier alpha value is -2.66. The maximum Gasteiger partial charge on any atom is 0.253 e. The second-order valence-electron chi connectivity index (χ2n) is 9.88. The maximum absolute atomic E-state index is 13.1. The Morgan fingerprint density at radius 1 is 0.938 bits per heavy atom. The first-order valence-corrected chi connectivity index (χ1v) is 12.3. The van der Waals surface area contributed by atoms with Gasteiger partial charge in [0.2, 0.25) is 0 Å². The van der Waals surface area contributed by atoms with E-state index < -0.39 is 0 Å². The van der Waals surface area contributed by atoms with E-state index in [1.54, 1.807) is 0 Å². The second kappa shape index (κ2) is 8.36. The zero-order chi connectivity index (χ0) is 21.5. The van der Waals surface area contributed by atoms with Crippen LogP contribution in [0.15, 0.2) is 48.5 Å². The lowest BCUT2D eigenvalue weighted by Crippen LogP contribution is -2.37. The number of hydrogen-bond acceptors (Lipinski definition) is 3. The predicted octanol–water partition coefficient (Wildman–Crippen LogP) is 4.35. The molecule has 2 aliphatic heterocycles. The van der Waals surface area contributed by atoms with Gasteiger partial charge in [0.15, 0.2) is 0 Å². The third-order valence-corrected chi connectivity index (χ3v) is 7.54. The van der Waals surface area contributed by atoms with Gasteiger partial charge in [-0.05, 0) is 80.9 Å². The van der Waals surface area contributed by atoms with Crippen molar-refractivity contribution < 1.29 is 4.79 Å². The number of imidazole rings is 1. The summed E-state index contributed by atoms with van der Waals surface area (Å²) in [5.74, 6) is 2.11.